The minimum atomic E-state index is -0.562. The van der Waals surface area contributed by atoms with Crippen LogP contribution < -0.4 is 11.1 Å². The number of nitrogens with one attached hydrogen (secondary N) is 1. The van der Waals surface area contributed by atoms with Crippen molar-refractivity contribution in [1.29, 1.82) is 0 Å². The molecule has 0 radical (unpaired) electrons. The Kier molecular flexibility index (Phi) is 4.01. The van der Waals surface area contributed by atoms with Crippen molar-refractivity contribution < 1.29 is 9.53 Å². The van der Waals surface area contributed by atoms with Gasteiger partial charge in [0.2, 0.25) is 5.91 Å². The molecule has 1 aliphatic heterocycles. The van der Waals surface area contributed by atoms with Gasteiger partial charge in [-0.2, -0.15) is 0 Å². The van der Waals surface area contributed by atoms with Crippen LogP contribution in [0.2, 0.25) is 0 Å². The molecule has 7 heteroatoms. The zero-order valence-corrected chi connectivity index (χ0v) is 13.6. The van der Waals surface area contributed by atoms with Crippen LogP contribution in [0, 0.1) is 19.3 Å². The predicted molar refractivity (Wildman–Crippen MR) is 87.1 cm³/mol. The fourth-order valence-corrected chi connectivity index (χ4v) is 3.81. The molecule has 118 valence electrons. The Labute approximate surface area is 133 Å². The van der Waals surface area contributed by atoms with E-state index in [1.54, 1.807) is 11.3 Å². The molecule has 3 heterocycles. The number of rotatable bonds is 4. The van der Waals surface area contributed by atoms with E-state index in [0.717, 1.165) is 27.4 Å². The van der Waals surface area contributed by atoms with Gasteiger partial charge >= 0.3 is 0 Å². The highest BCUT2D eigenvalue weighted by molar-refractivity contribution is 7.17. The summed E-state index contributed by atoms with van der Waals surface area (Å²) < 4.78 is 5.36. The van der Waals surface area contributed by atoms with Crippen molar-refractivity contribution in [2.45, 2.75) is 26.7 Å². The van der Waals surface area contributed by atoms with Gasteiger partial charge < -0.3 is 15.8 Å². The van der Waals surface area contributed by atoms with Gasteiger partial charge in [-0.3, -0.25) is 4.79 Å². The Morgan fingerprint density at radius 3 is 2.82 bits per heavy atom. The fourth-order valence-electron chi connectivity index (χ4n) is 2.84. The minimum Gasteiger partial charge on any atom is -0.381 e. The topological polar surface area (TPSA) is 90.1 Å². The van der Waals surface area contributed by atoms with Crippen molar-refractivity contribution in [3.05, 3.63) is 16.8 Å². The standard InChI is InChI=1S/C15H20N4O2S/c1-9-7-22-13-11(9)12(18-10(2)19-13)17-8-15(14(16)20)3-5-21-6-4-15/h7H,3-6,8H2,1-2H3,(H2,16,20)(H,17,18,19). The Balaban J connectivity index is 1.89. The Morgan fingerprint density at radius 1 is 1.41 bits per heavy atom. The quantitative estimate of drug-likeness (QED) is 0.899. The second kappa shape index (κ2) is 5.81. The number of hydrogen-bond donors (Lipinski definition) is 2. The summed E-state index contributed by atoms with van der Waals surface area (Å²) in [4.78, 5) is 21.9. The highest BCUT2D eigenvalue weighted by Gasteiger charge is 2.38. The number of aromatic nitrogens is 2. The van der Waals surface area contributed by atoms with Crippen LogP contribution in [0.25, 0.3) is 10.2 Å². The molecule has 6 nitrogen and oxygen atoms in total. The molecule has 0 saturated carbocycles. The van der Waals surface area contributed by atoms with Crippen LogP contribution in [0.15, 0.2) is 5.38 Å². The zero-order chi connectivity index (χ0) is 15.7. The van der Waals surface area contributed by atoms with E-state index < -0.39 is 5.41 Å². The van der Waals surface area contributed by atoms with Crippen molar-refractivity contribution in [1.82, 2.24) is 9.97 Å². The average Bonchev–Trinajstić information content (AvgIpc) is 2.87. The number of hydrogen-bond acceptors (Lipinski definition) is 6. The average molecular weight is 320 g/mol. The Hall–Kier alpha value is -1.73. The molecule has 22 heavy (non-hydrogen) atoms. The molecular formula is C15H20N4O2S. The van der Waals surface area contributed by atoms with Crippen LogP contribution in [0.4, 0.5) is 5.82 Å². The van der Waals surface area contributed by atoms with E-state index in [2.05, 4.69) is 20.7 Å². The largest absolute Gasteiger partial charge is 0.381 e. The third-order valence-corrected chi connectivity index (χ3v) is 5.29. The van der Waals surface area contributed by atoms with Gasteiger partial charge in [-0.25, -0.2) is 9.97 Å². The summed E-state index contributed by atoms with van der Waals surface area (Å²) in [6, 6.07) is 0. The van der Waals surface area contributed by atoms with Gasteiger partial charge in [0.05, 0.1) is 10.8 Å². The van der Waals surface area contributed by atoms with E-state index in [1.165, 1.54) is 0 Å². The van der Waals surface area contributed by atoms with Crippen molar-refractivity contribution >= 4 is 33.3 Å². The first-order chi connectivity index (χ1) is 10.5. The number of aryl methyl sites for hydroxylation is 2. The smallest absolute Gasteiger partial charge is 0.225 e. The molecular weight excluding hydrogens is 300 g/mol. The zero-order valence-electron chi connectivity index (χ0n) is 12.8. The van der Waals surface area contributed by atoms with Gasteiger partial charge in [0.25, 0.3) is 0 Å². The van der Waals surface area contributed by atoms with Crippen LogP contribution in [-0.2, 0) is 9.53 Å². The van der Waals surface area contributed by atoms with Gasteiger partial charge in [-0.1, -0.05) is 0 Å². The highest BCUT2D eigenvalue weighted by atomic mass is 32.1. The van der Waals surface area contributed by atoms with Crippen molar-refractivity contribution in [3.8, 4) is 0 Å². The number of primary amides is 1. The lowest BCUT2D eigenvalue weighted by Crippen LogP contribution is -2.46. The predicted octanol–water partition coefficient (Wildman–Crippen LogP) is 2.00. The number of ether oxygens (including phenoxy) is 1. The molecule has 0 aliphatic carbocycles. The van der Waals surface area contributed by atoms with E-state index >= 15 is 0 Å². The lowest BCUT2D eigenvalue weighted by molar-refractivity contribution is -0.132. The van der Waals surface area contributed by atoms with E-state index in [4.69, 9.17) is 10.5 Å². The van der Waals surface area contributed by atoms with Crippen LogP contribution in [0.1, 0.15) is 24.2 Å². The maximum atomic E-state index is 11.9. The Morgan fingerprint density at radius 2 is 2.14 bits per heavy atom. The minimum absolute atomic E-state index is 0.271. The van der Waals surface area contributed by atoms with Crippen molar-refractivity contribution in [2.24, 2.45) is 11.1 Å². The second-order valence-corrected chi connectivity index (χ2v) is 6.69. The number of carbonyl (C=O) groups is 1. The molecule has 0 spiro atoms. The first-order valence-corrected chi connectivity index (χ1v) is 8.24. The first-order valence-electron chi connectivity index (χ1n) is 7.36. The molecule has 3 rings (SSSR count). The molecule has 0 aromatic carbocycles. The van der Waals surface area contributed by atoms with Crippen molar-refractivity contribution in [3.63, 3.8) is 0 Å². The summed E-state index contributed by atoms with van der Waals surface area (Å²) in [6.07, 6.45) is 1.29. The molecule has 2 aromatic heterocycles. The number of anilines is 1. The third-order valence-electron chi connectivity index (χ3n) is 4.30. The normalized spacial score (nSPS) is 17.5. The second-order valence-electron chi connectivity index (χ2n) is 5.83. The maximum Gasteiger partial charge on any atom is 0.225 e. The van der Waals surface area contributed by atoms with E-state index in [1.807, 2.05) is 13.8 Å². The lowest BCUT2D eigenvalue weighted by Gasteiger charge is -2.34. The molecule has 1 aliphatic rings. The number of nitrogens with two attached hydrogens (primary N) is 1. The van der Waals surface area contributed by atoms with Gasteiger partial charge in [0.15, 0.2) is 0 Å². The molecule has 1 amide bonds. The molecule has 0 bridgehead atoms. The molecule has 1 fully saturated rings. The van der Waals surface area contributed by atoms with Crippen molar-refractivity contribution in [2.75, 3.05) is 25.1 Å². The van der Waals surface area contributed by atoms with Gasteiger partial charge in [0, 0.05) is 19.8 Å². The van der Waals surface area contributed by atoms with E-state index in [9.17, 15) is 4.79 Å². The van der Waals surface area contributed by atoms with Crippen LogP contribution in [-0.4, -0.2) is 35.6 Å². The fraction of sp³-hybridized carbons (Fsp3) is 0.533. The highest BCUT2D eigenvalue weighted by Crippen LogP contribution is 2.33. The van der Waals surface area contributed by atoms with Crippen LogP contribution >= 0.6 is 11.3 Å². The summed E-state index contributed by atoms with van der Waals surface area (Å²) in [5.41, 5.74) is 6.23. The summed E-state index contributed by atoms with van der Waals surface area (Å²) in [7, 11) is 0. The van der Waals surface area contributed by atoms with Gasteiger partial charge in [-0.05, 0) is 37.6 Å². The SMILES string of the molecule is Cc1nc(NCC2(C(N)=O)CCOCC2)c2c(C)csc2n1. The Bertz CT molecular complexity index is 707. The number of thiophene rings is 1. The number of nitrogens with zero attached hydrogens (tertiary/aromatic N) is 2. The summed E-state index contributed by atoms with van der Waals surface area (Å²) in [6.45, 7) is 5.53. The molecule has 1 saturated heterocycles. The van der Waals surface area contributed by atoms with Crippen LogP contribution in [0.3, 0.4) is 0 Å². The number of amides is 1. The molecule has 3 N–H and O–H groups in total. The maximum absolute atomic E-state index is 11.9. The lowest BCUT2D eigenvalue weighted by atomic mass is 9.79. The van der Waals surface area contributed by atoms with Gasteiger partial charge in [0.1, 0.15) is 16.5 Å². The monoisotopic (exact) mass is 320 g/mol. The number of carbonyl (C=O) groups excluding carboxylic acids is 1. The summed E-state index contributed by atoms with van der Waals surface area (Å²) in [5, 5.41) is 6.45. The summed E-state index contributed by atoms with van der Waals surface area (Å²) >= 11 is 1.61. The van der Waals surface area contributed by atoms with E-state index in [-0.39, 0.29) is 5.91 Å². The first kappa shape index (κ1) is 15.2. The van der Waals surface area contributed by atoms with Gasteiger partial charge in [-0.15, -0.1) is 11.3 Å². The number of fused-ring (bicyclic) bond motifs is 1. The third kappa shape index (κ3) is 2.66. The molecule has 0 atom stereocenters. The molecule has 0 unspecified atom stereocenters. The summed E-state index contributed by atoms with van der Waals surface area (Å²) in [5.74, 6) is 1.23. The molecule has 2 aromatic rings. The van der Waals surface area contributed by atoms with E-state index in [0.29, 0.717) is 32.6 Å². The van der Waals surface area contributed by atoms with Crippen LogP contribution in [0.5, 0.6) is 0 Å².